The van der Waals surface area contributed by atoms with Crippen LogP contribution in [0, 0.1) is 16.9 Å². The minimum atomic E-state index is -0.337. The summed E-state index contributed by atoms with van der Waals surface area (Å²) < 4.78 is 6.49. The number of pyridine rings is 1. The van der Waals surface area contributed by atoms with Gasteiger partial charge >= 0.3 is 0 Å². The summed E-state index contributed by atoms with van der Waals surface area (Å²) in [5, 5.41) is 15.7. The molecule has 5 heteroatoms. The van der Waals surface area contributed by atoms with Gasteiger partial charge in [-0.2, -0.15) is 0 Å². The largest absolute Gasteiger partial charge is 0.512 e. The number of allylic oxidation sites excluding steroid dienone is 2. The Hall–Kier alpha value is -3.79. The van der Waals surface area contributed by atoms with Gasteiger partial charge in [-0.1, -0.05) is 124 Å². The number of aliphatic hydroxyl groups is 1. The monoisotopic (exact) mass is 875 g/mol. The number of carbonyl (C=O) groups is 1. The third-order valence-corrected chi connectivity index (χ3v) is 11.4. The summed E-state index contributed by atoms with van der Waals surface area (Å²) in [4.78, 5) is 17.4. The molecule has 0 aliphatic heterocycles. The number of carbonyl (C=O) groups excluding carboxylic acids is 1. The first-order chi connectivity index (χ1) is 24.1. The van der Waals surface area contributed by atoms with Crippen molar-refractivity contribution >= 4 is 49.4 Å². The molecule has 277 valence electrons. The van der Waals surface area contributed by atoms with Gasteiger partial charge in [0.1, 0.15) is 16.9 Å². The van der Waals surface area contributed by atoms with Crippen LogP contribution in [0.15, 0.2) is 89.0 Å². The van der Waals surface area contributed by atoms with E-state index in [0.29, 0.717) is 5.92 Å². The molecule has 0 aliphatic carbocycles. The fraction of sp³-hybridized carbons (Fsp3) is 0.404. The molecule has 0 spiro atoms. The number of aliphatic hydroxyl groups excluding tert-OH is 1. The van der Waals surface area contributed by atoms with E-state index < -0.39 is 0 Å². The predicted octanol–water partition coefficient (Wildman–Crippen LogP) is 13.8. The smallest absolute Gasteiger partial charge is 0.164 e. The molecule has 2 aromatic heterocycles. The minimum Gasteiger partial charge on any atom is -0.512 e. The number of ketones is 1. The zero-order chi connectivity index (χ0) is 37.3. The van der Waals surface area contributed by atoms with Crippen LogP contribution in [0.4, 0.5) is 0 Å². The van der Waals surface area contributed by atoms with Crippen LogP contribution in [0.2, 0.25) is 0 Å². The van der Waals surface area contributed by atoms with Gasteiger partial charge < -0.3 is 9.52 Å². The van der Waals surface area contributed by atoms with E-state index in [1.54, 1.807) is 0 Å². The summed E-state index contributed by atoms with van der Waals surface area (Å²) in [7, 11) is 0. The van der Waals surface area contributed by atoms with Crippen LogP contribution < -0.4 is 0 Å². The first-order valence-corrected chi connectivity index (χ1v) is 18.8. The normalized spacial score (nSPS) is 12.7. The van der Waals surface area contributed by atoms with Crippen molar-refractivity contribution in [2.45, 2.75) is 113 Å². The van der Waals surface area contributed by atoms with Crippen molar-refractivity contribution in [2.75, 3.05) is 0 Å². The maximum absolute atomic E-state index is 12.2. The first kappa shape index (κ1) is 41.0. The van der Waals surface area contributed by atoms with E-state index in [1.165, 1.54) is 22.6 Å². The number of fused-ring (bicyclic) bond motifs is 6. The summed E-state index contributed by atoms with van der Waals surface area (Å²) in [6.45, 7) is 23.3. The summed E-state index contributed by atoms with van der Waals surface area (Å²) in [5.74, 6) is 0.722. The topological polar surface area (TPSA) is 63.3 Å². The number of aromatic nitrogens is 1. The van der Waals surface area contributed by atoms with Crippen molar-refractivity contribution in [1.82, 2.24) is 4.98 Å². The van der Waals surface area contributed by atoms with Crippen molar-refractivity contribution in [3.05, 3.63) is 102 Å². The van der Waals surface area contributed by atoms with Crippen LogP contribution in [0.1, 0.15) is 119 Å². The second-order valence-corrected chi connectivity index (χ2v) is 16.0. The van der Waals surface area contributed by atoms with E-state index in [9.17, 15) is 9.90 Å². The van der Waals surface area contributed by atoms with Crippen molar-refractivity contribution in [2.24, 2.45) is 10.8 Å². The SMILES string of the molecule is CC(C)c1ccc2oc3c4ccccc4nc(-c4[c-]c5ccccc5c(C(C)(C)C)c4)c3c2c1.CCC(C)(CC)C(=O)/C=C(\O)C(C)(CC)CC.[Ir]. The van der Waals surface area contributed by atoms with Gasteiger partial charge in [0.25, 0.3) is 0 Å². The molecule has 0 saturated heterocycles. The number of hydrogen-bond acceptors (Lipinski definition) is 4. The van der Waals surface area contributed by atoms with E-state index in [-0.39, 0.29) is 47.9 Å². The van der Waals surface area contributed by atoms with Crippen LogP contribution in [0.3, 0.4) is 0 Å². The Balaban J connectivity index is 0.000000289. The Morgan fingerprint density at radius 1 is 0.808 bits per heavy atom. The molecule has 6 rings (SSSR count). The van der Waals surface area contributed by atoms with Crippen LogP contribution in [0.5, 0.6) is 0 Å². The van der Waals surface area contributed by atoms with Crippen molar-refractivity contribution in [3.63, 3.8) is 0 Å². The average Bonchev–Trinajstić information content (AvgIpc) is 3.52. The molecule has 0 unspecified atom stereocenters. The molecule has 2 heterocycles. The number of benzene rings is 4. The number of hydrogen-bond donors (Lipinski definition) is 1. The molecule has 0 amide bonds. The summed E-state index contributed by atoms with van der Waals surface area (Å²) in [6, 6.07) is 29.3. The zero-order valence-electron chi connectivity index (χ0n) is 33.0. The van der Waals surface area contributed by atoms with Gasteiger partial charge in [-0.25, -0.2) is 0 Å². The molecular weight excluding hydrogens is 819 g/mol. The van der Waals surface area contributed by atoms with Crippen molar-refractivity contribution in [3.8, 4) is 11.3 Å². The van der Waals surface area contributed by atoms with Gasteiger partial charge in [0, 0.05) is 58.9 Å². The van der Waals surface area contributed by atoms with Gasteiger partial charge in [0.2, 0.25) is 0 Å². The van der Waals surface area contributed by atoms with E-state index >= 15 is 0 Å². The Kier molecular flexibility index (Phi) is 12.7. The van der Waals surface area contributed by atoms with Crippen LogP contribution in [-0.2, 0) is 30.3 Å². The Morgan fingerprint density at radius 3 is 2.00 bits per heavy atom. The Bertz CT molecular complexity index is 2230. The molecule has 52 heavy (non-hydrogen) atoms. The second-order valence-electron chi connectivity index (χ2n) is 16.0. The van der Waals surface area contributed by atoms with E-state index in [2.05, 4.69) is 107 Å². The van der Waals surface area contributed by atoms with Crippen LogP contribution in [-0.4, -0.2) is 15.9 Å². The molecule has 0 fully saturated rings. The molecule has 1 N–H and O–H groups in total. The standard InChI is InChI=1S/C32H28NO.C15H28O2.Ir/c1-19(2)20-14-15-28-25(17-20)29-30(33-27-13-9-8-12-24(27)31(29)34-28)22-16-21-10-6-7-11-23(21)26(18-22)32(3,4)5;1-7-14(5,8-2)12(16)11-13(17)15(6,9-3)10-4;/h6-15,17-19H,1-5H3;11,16H,7-10H2,1-6H3;/q-1;;/b;12-11-;. The van der Waals surface area contributed by atoms with E-state index in [1.807, 2.05) is 47.6 Å². The van der Waals surface area contributed by atoms with Gasteiger partial charge in [-0.15, -0.1) is 29.1 Å². The molecule has 1 radical (unpaired) electrons. The molecule has 6 aromatic rings. The fourth-order valence-electron chi connectivity index (χ4n) is 6.70. The van der Waals surface area contributed by atoms with Gasteiger partial charge in [-0.3, -0.25) is 9.78 Å². The third kappa shape index (κ3) is 7.92. The average molecular weight is 875 g/mol. The first-order valence-electron chi connectivity index (χ1n) is 18.8. The van der Waals surface area contributed by atoms with Crippen molar-refractivity contribution < 1.29 is 34.4 Å². The molecule has 4 nitrogen and oxygen atoms in total. The number of para-hydroxylation sites is 1. The number of rotatable bonds is 9. The molecule has 0 atom stereocenters. The number of nitrogens with zero attached hydrogens (tertiary/aromatic N) is 1. The molecular formula is C47H56IrNO3-. The molecule has 0 bridgehead atoms. The Morgan fingerprint density at radius 2 is 1.40 bits per heavy atom. The maximum atomic E-state index is 12.2. The third-order valence-electron chi connectivity index (χ3n) is 11.4. The van der Waals surface area contributed by atoms with E-state index in [0.717, 1.165) is 75.2 Å². The van der Waals surface area contributed by atoms with Crippen LogP contribution >= 0.6 is 0 Å². The Labute approximate surface area is 324 Å². The van der Waals surface area contributed by atoms with Crippen molar-refractivity contribution in [1.29, 1.82) is 0 Å². The summed E-state index contributed by atoms with van der Waals surface area (Å²) in [6.07, 6.45) is 4.75. The summed E-state index contributed by atoms with van der Waals surface area (Å²) in [5.41, 5.74) is 6.67. The molecule has 4 aromatic carbocycles. The summed E-state index contributed by atoms with van der Waals surface area (Å²) >= 11 is 0. The molecule has 0 saturated carbocycles. The van der Waals surface area contributed by atoms with Gasteiger partial charge in [0.05, 0.1) is 5.52 Å². The zero-order valence-corrected chi connectivity index (χ0v) is 35.4. The van der Waals surface area contributed by atoms with Gasteiger partial charge in [-0.05, 0) is 66.8 Å². The molecule has 0 aliphatic rings. The minimum absolute atomic E-state index is 0. The van der Waals surface area contributed by atoms with Crippen LogP contribution in [0.25, 0.3) is 54.9 Å². The quantitative estimate of drug-likeness (QED) is 0.0893. The predicted molar refractivity (Wildman–Crippen MR) is 217 cm³/mol. The van der Waals surface area contributed by atoms with Gasteiger partial charge in [0.15, 0.2) is 5.78 Å². The van der Waals surface area contributed by atoms with E-state index in [4.69, 9.17) is 9.40 Å². The number of furan rings is 1. The maximum Gasteiger partial charge on any atom is 0.164 e. The second kappa shape index (κ2) is 16.1. The fourth-order valence-corrected chi connectivity index (χ4v) is 6.70.